The van der Waals surface area contributed by atoms with E-state index in [2.05, 4.69) is 5.32 Å². The molecule has 1 N–H and O–H groups in total. The molecule has 1 amide bonds. The molecule has 0 saturated carbocycles. The first-order valence-electron chi connectivity index (χ1n) is 8.24. The molecule has 0 heterocycles. The van der Waals surface area contributed by atoms with Gasteiger partial charge in [-0.15, -0.1) is 0 Å². The highest BCUT2D eigenvalue weighted by atomic mass is 32.2. The number of para-hydroxylation sites is 1. The Morgan fingerprint density at radius 2 is 1.88 bits per heavy atom. The Kier molecular flexibility index (Phi) is 6.63. The SMILES string of the molecule is COc1cccc(CCNC(=O)CN(c2ccccc2C)S(C)(=O)=O)c1. The Morgan fingerprint density at radius 1 is 1.15 bits per heavy atom. The standard InChI is InChI=1S/C19H24N2O4S/c1-15-7-4-5-10-18(15)21(26(3,23)24)14-19(22)20-12-11-16-8-6-9-17(13-16)25-2/h4-10,13H,11-12,14H2,1-3H3,(H,20,22). The van der Waals surface area contributed by atoms with E-state index in [1.54, 1.807) is 19.2 Å². The van der Waals surface area contributed by atoms with E-state index >= 15 is 0 Å². The van der Waals surface area contributed by atoms with Crippen LogP contribution in [0.5, 0.6) is 5.75 Å². The minimum atomic E-state index is -3.57. The molecule has 140 valence electrons. The van der Waals surface area contributed by atoms with Crippen molar-refractivity contribution in [2.24, 2.45) is 0 Å². The van der Waals surface area contributed by atoms with Gasteiger partial charge in [-0.05, 0) is 42.7 Å². The van der Waals surface area contributed by atoms with E-state index in [4.69, 9.17) is 4.74 Å². The molecule has 7 heteroatoms. The van der Waals surface area contributed by atoms with Gasteiger partial charge in [-0.2, -0.15) is 0 Å². The molecule has 0 aliphatic carbocycles. The molecule has 0 aromatic heterocycles. The summed E-state index contributed by atoms with van der Waals surface area (Å²) in [5, 5.41) is 2.77. The van der Waals surface area contributed by atoms with Gasteiger partial charge in [0.25, 0.3) is 0 Å². The Balaban J connectivity index is 1.98. The summed E-state index contributed by atoms with van der Waals surface area (Å²) < 4.78 is 30.5. The zero-order valence-corrected chi connectivity index (χ0v) is 16.0. The van der Waals surface area contributed by atoms with Crippen molar-refractivity contribution in [3.63, 3.8) is 0 Å². The number of rotatable bonds is 8. The number of sulfonamides is 1. The number of benzene rings is 2. The molecule has 2 aromatic carbocycles. The minimum Gasteiger partial charge on any atom is -0.497 e. The number of hydrogen-bond acceptors (Lipinski definition) is 4. The smallest absolute Gasteiger partial charge is 0.240 e. The van der Waals surface area contributed by atoms with Gasteiger partial charge in [0.15, 0.2) is 0 Å². The second-order valence-corrected chi connectivity index (χ2v) is 7.91. The summed E-state index contributed by atoms with van der Waals surface area (Å²) in [6, 6.07) is 14.7. The van der Waals surface area contributed by atoms with Crippen LogP contribution in [0.3, 0.4) is 0 Å². The number of carbonyl (C=O) groups is 1. The largest absolute Gasteiger partial charge is 0.497 e. The van der Waals surface area contributed by atoms with Crippen LogP contribution in [0, 0.1) is 6.92 Å². The van der Waals surface area contributed by atoms with Gasteiger partial charge in [0.2, 0.25) is 15.9 Å². The number of methoxy groups -OCH3 is 1. The van der Waals surface area contributed by atoms with E-state index in [-0.39, 0.29) is 12.5 Å². The van der Waals surface area contributed by atoms with Gasteiger partial charge in [-0.1, -0.05) is 30.3 Å². The summed E-state index contributed by atoms with van der Waals surface area (Å²) >= 11 is 0. The molecule has 2 rings (SSSR count). The van der Waals surface area contributed by atoms with Crippen molar-refractivity contribution in [1.82, 2.24) is 5.32 Å². The molecule has 0 saturated heterocycles. The highest BCUT2D eigenvalue weighted by molar-refractivity contribution is 7.92. The maximum absolute atomic E-state index is 12.3. The summed E-state index contributed by atoms with van der Waals surface area (Å²) in [6.45, 7) is 1.98. The second kappa shape index (κ2) is 8.71. The number of hydrogen-bond donors (Lipinski definition) is 1. The Bertz CT molecular complexity index is 865. The number of nitrogens with one attached hydrogen (secondary N) is 1. The first-order valence-corrected chi connectivity index (χ1v) is 10.1. The highest BCUT2D eigenvalue weighted by Crippen LogP contribution is 2.21. The summed E-state index contributed by atoms with van der Waals surface area (Å²) in [5.74, 6) is 0.415. The predicted molar refractivity (Wildman–Crippen MR) is 103 cm³/mol. The van der Waals surface area contributed by atoms with E-state index in [9.17, 15) is 13.2 Å². The molecule has 0 unspecified atom stereocenters. The molecule has 0 spiro atoms. The summed E-state index contributed by atoms with van der Waals surface area (Å²) in [7, 11) is -1.96. The Hall–Kier alpha value is -2.54. The Labute approximate surface area is 154 Å². The number of ether oxygens (including phenoxy) is 1. The van der Waals surface area contributed by atoms with Gasteiger partial charge in [-0.25, -0.2) is 8.42 Å². The fraction of sp³-hybridized carbons (Fsp3) is 0.316. The lowest BCUT2D eigenvalue weighted by Gasteiger charge is -2.23. The number of aryl methyl sites for hydroxylation is 1. The van der Waals surface area contributed by atoms with Crippen LogP contribution >= 0.6 is 0 Å². The molecular formula is C19H24N2O4S. The van der Waals surface area contributed by atoms with Crippen LogP contribution in [-0.4, -0.2) is 40.8 Å². The quantitative estimate of drug-likeness (QED) is 0.766. The lowest BCUT2D eigenvalue weighted by Crippen LogP contribution is -2.41. The molecule has 0 radical (unpaired) electrons. The van der Waals surface area contributed by atoms with Gasteiger partial charge in [0.05, 0.1) is 19.1 Å². The van der Waals surface area contributed by atoms with Crippen molar-refractivity contribution in [2.45, 2.75) is 13.3 Å². The number of amides is 1. The zero-order valence-electron chi connectivity index (χ0n) is 15.2. The summed E-state index contributed by atoms with van der Waals surface area (Å²) in [4.78, 5) is 12.3. The van der Waals surface area contributed by atoms with Gasteiger partial charge >= 0.3 is 0 Å². The Morgan fingerprint density at radius 3 is 2.54 bits per heavy atom. The fourth-order valence-corrected chi connectivity index (χ4v) is 3.50. The van der Waals surface area contributed by atoms with Gasteiger partial charge in [0.1, 0.15) is 12.3 Å². The van der Waals surface area contributed by atoms with Crippen LogP contribution < -0.4 is 14.4 Å². The van der Waals surface area contributed by atoms with Crippen LogP contribution in [0.25, 0.3) is 0 Å². The maximum atomic E-state index is 12.3. The predicted octanol–water partition coefficient (Wildman–Crippen LogP) is 2.13. The maximum Gasteiger partial charge on any atom is 0.240 e. The molecule has 0 atom stereocenters. The van der Waals surface area contributed by atoms with Crippen molar-refractivity contribution in [1.29, 1.82) is 0 Å². The normalized spacial score (nSPS) is 11.0. The molecular weight excluding hydrogens is 352 g/mol. The third-order valence-electron chi connectivity index (χ3n) is 3.94. The average Bonchev–Trinajstić information content (AvgIpc) is 2.60. The molecule has 2 aromatic rings. The van der Waals surface area contributed by atoms with Crippen molar-refractivity contribution in [3.05, 3.63) is 59.7 Å². The van der Waals surface area contributed by atoms with Crippen molar-refractivity contribution >= 4 is 21.6 Å². The molecule has 0 aliphatic rings. The van der Waals surface area contributed by atoms with Gasteiger partial charge < -0.3 is 10.1 Å². The van der Waals surface area contributed by atoms with Crippen LogP contribution in [0.15, 0.2) is 48.5 Å². The number of nitrogens with zero attached hydrogens (tertiary/aromatic N) is 1. The van der Waals surface area contributed by atoms with E-state index in [0.29, 0.717) is 18.7 Å². The average molecular weight is 376 g/mol. The molecule has 0 fully saturated rings. The van der Waals surface area contributed by atoms with Gasteiger partial charge in [-0.3, -0.25) is 9.10 Å². The van der Waals surface area contributed by atoms with E-state index in [1.807, 2.05) is 43.3 Å². The minimum absolute atomic E-state index is 0.248. The van der Waals surface area contributed by atoms with Gasteiger partial charge in [0, 0.05) is 6.54 Å². The van der Waals surface area contributed by atoms with Crippen LogP contribution in [0.1, 0.15) is 11.1 Å². The number of carbonyl (C=O) groups excluding carboxylic acids is 1. The van der Waals surface area contributed by atoms with Crippen molar-refractivity contribution in [3.8, 4) is 5.75 Å². The fourth-order valence-electron chi connectivity index (χ4n) is 2.58. The van der Waals surface area contributed by atoms with E-state index < -0.39 is 10.0 Å². The van der Waals surface area contributed by atoms with Crippen LogP contribution in [0.2, 0.25) is 0 Å². The molecule has 6 nitrogen and oxygen atoms in total. The topological polar surface area (TPSA) is 75.7 Å². The van der Waals surface area contributed by atoms with Crippen molar-refractivity contribution in [2.75, 3.05) is 30.8 Å². The first-order chi connectivity index (χ1) is 12.3. The summed E-state index contributed by atoms with van der Waals surface area (Å²) in [5.41, 5.74) is 2.34. The van der Waals surface area contributed by atoms with Crippen LogP contribution in [-0.2, 0) is 21.2 Å². The molecule has 26 heavy (non-hydrogen) atoms. The van der Waals surface area contributed by atoms with E-state index in [1.165, 1.54) is 0 Å². The first kappa shape index (κ1) is 19.8. The third kappa shape index (κ3) is 5.49. The second-order valence-electron chi connectivity index (χ2n) is 6.01. The summed E-state index contributed by atoms with van der Waals surface area (Å²) in [6.07, 6.45) is 1.73. The number of anilines is 1. The lowest BCUT2D eigenvalue weighted by atomic mass is 10.1. The highest BCUT2D eigenvalue weighted by Gasteiger charge is 2.21. The lowest BCUT2D eigenvalue weighted by molar-refractivity contribution is -0.119. The monoisotopic (exact) mass is 376 g/mol. The van der Waals surface area contributed by atoms with Crippen molar-refractivity contribution < 1.29 is 17.9 Å². The molecule has 0 aliphatic heterocycles. The van der Waals surface area contributed by atoms with Crippen LogP contribution in [0.4, 0.5) is 5.69 Å². The third-order valence-corrected chi connectivity index (χ3v) is 5.07. The zero-order chi connectivity index (χ0) is 19.2. The van der Waals surface area contributed by atoms with E-state index in [0.717, 1.165) is 27.4 Å². The molecule has 0 bridgehead atoms.